The fourth-order valence-corrected chi connectivity index (χ4v) is 2.20. The van der Waals surface area contributed by atoms with Crippen molar-refractivity contribution in [3.05, 3.63) is 35.4 Å². The van der Waals surface area contributed by atoms with Crippen LogP contribution in [0.4, 0.5) is 0 Å². The lowest BCUT2D eigenvalue weighted by Gasteiger charge is -2.25. The summed E-state index contributed by atoms with van der Waals surface area (Å²) in [6.45, 7) is 7.07. The highest BCUT2D eigenvalue weighted by Gasteiger charge is 2.21. The Morgan fingerprint density at radius 1 is 1.19 bits per heavy atom. The number of rotatable bonds is 9. The van der Waals surface area contributed by atoms with Crippen molar-refractivity contribution in [1.82, 2.24) is 5.32 Å². The van der Waals surface area contributed by atoms with Crippen molar-refractivity contribution < 1.29 is 15.0 Å². The van der Waals surface area contributed by atoms with Crippen LogP contribution in [0.1, 0.15) is 50.3 Å². The molecule has 21 heavy (non-hydrogen) atoms. The van der Waals surface area contributed by atoms with E-state index in [1.807, 2.05) is 31.2 Å². The molecule has 1 aromatic carbocycles. The number of carboxylic acid groups (broad SMARTS) is 1. The molecule has 0 aliphatic heterocycles. The second kappa shape index (κ2) is 8.80. The van der Waals surface area contributed by atoms with E-state index in [2.05, 4.69) is 19.2 Å². The molecule has 4 nitrogen and oxygen atoms in total. The largest absolute Gasteiger partial charge is 0.481 e. The summed E-state index contributed by atoms with van der Waals surface area (Å²) in [5.41, 5.74) is 1.97. The predicted octanol–water partition coefficient (Wildman–Crippen LogP) is 2.90. The first kappa shape index (κ1) is 17.7. The second-order valence-electron chi connectivity index (χ2n) is 6.03. The Labute approximate surface area is 127 Å². The lowest BCUT2D eigenvalue weighted by atomic mass is 9.97. The Morgan fingerprint density at radius 2 is 1.81 bits per heavy atom. The molecule has 3 N–H and O–H groups in total. The van der Waals surface area contributed by atoms with Gasteiger partial charge in [0, 0.05) is 12.5 Å². The summed E-state index contributed by atoms with van der Waals surface area (Å²) in [6, 6.07) is 7.49. The third-order valence-corrected chi connectivity index (χ3v) is 3.60. The Kier molecular flexibility index (Phi) is 7.40. The standard InChI is InChI=1S/C17H27NO3/c1-12(2)10-11-18-15(8-9-16(19)20)17(21)14-6-4-13(3)5-7-14/h4-7,12,15,17-18,21H,8-11H2,1-3H3,(H,19,20). The third kappa shape index (κ3) is 6.74. The van der Waals surface area contributed by atoms with Gasteiger partial charge in [-0.1, -0.05) is 43.7 Å². The SMILES string of the molecule is Cc1ccc(C(O)C(CCC(=O)O)NCCC(C)C)cc1. The molecule has 0 aliphatic rings. The Morgan fingerprint density at radius 3 is 2.33 bits per heavy atom. The van der Waals surface area contributed by atoms with Gasteiger partial charge in [-0.25, -0.2) is 0 Å². The van der Waals surface area contributed by atoms with Crippen LogP contribution in [0.3, 0.4) is 0 Å². The van der Waals surface area contributed by atoms with E-state index < -0.39 is 12.1 Å². The van der Waals surface area contributed by atoms with Crippen LogP contribution in [0.15, 0.2) is 24.3 Å². The van der Waals surface area contributed by atoms with Crippen LogP contribution in [0.2, 0.25) is 0 Å². The first-order chi connectivity index (χ1) is 9.90. The number of hydrogen-bond acceptors (Lipinski definition) is 3. The van der Waals surface area contributed by atoms with Crippen molar-refractivity contribution >= 4 is 5.97 Å². The Balaban J connectivity index is 2.68. The molecule has 0 spiro atoms. The Bertz CT molecular complexity index is 428. The molecule has 0 aromatic heterocycles. The number of carbonyl (C=O) groups is 1. The van der Waals surface area contributed by atoms with Gasteiger partial charge in [0.1, 0.15) is 0 Å². The molecule has 1 aromatic rings. The van der Waals surface area contributed by atoms with E-state index in [0.29, 0.717) is 12.3 Å². The number of aryl methyl sites for hydroxylation is 1. The van der Waals surface area contributed by atoms with Gasteiger partial charge < -0.3 is 15.5 Å². The average molecular weight is 293 g/mol. The zero-order valence-corrected chi connectivity index (χ0v) is 13.2. The van der Waals surface area contributed by atoms with Crippen molar-refractivity contribution in [1.29, 1.82) is 0 Å². The molecule has 0 saturated heterocycles. The molecule has 1 rings (SSSR count). The maximum absolute atomic E-state index is 10.8. The maximum atomic E-state index is 10.8. The first-order valence-corrected chi connectivity index (χ1v) is 7.60. The fraction of sp³-hybridized carbons (Fsp3) is 0.588. The monoisotopic (exact) mass is 293 g/mol. The van der Waals surface area contributed by atoms with Gasteiger partial charge in [-0.05, 0) is 37.8 Å². The predicted molar refractivity (Wildman–Crippen MR) is 84.3 cm³/mol. The molecule has 0 radical (unpaired) electrons. The minimum absolute atomic E-state index is 0.0578. The van der Waals surface area contributed by atoms with Crippen LogP contribution >= 0.6 is 0 Å². The lowest BCUT2D eigenvalue weighted by Crippen LogP contribution is -2.36. The van der Waals surface area contributed by atoms with Gasteiger partial charge in [-0.15, -0.1) is 0 Å². The molecular weight excluding hydrogens is 266 g/mol. The number of aliphatic hydroxyl groups is 1. The number of nitrogens with one attached hydrogen (secondary N) is 1. The van der Waals surface area contributed by atoms with Crippen molar-refractivity contribution in [2.24, 2.45) is 5.92 Å². The summed E-state index contributed by atoms with van der Waals surface area (Å²) in [5.74, 6) is -0.254. The quantitative estimate of drug-likeness (QED) is 0.655. The van der Waals surface area contributed by atoms with Crippen molar-refractivity contribution in [2.75, 3.05) is 6.54 Å². The van der Waals surface area contributed by atoms with E-state index in [-0.39, 0.29) is 12.5 Å². The number of carboxylic acids is 1. The van der Waals surface area contributed by atoms with Gasteiger partial charge >= 0.3 is 5.97 Å². The zero-order valence-electron chi connectivity index (χ0n) is 13.2. The minimum atomic E-state index is -0.832. The minimum Gasteiger partial charge on any atom is -0.481 e. The van der Waals surface area contributed by atoms with Crippen molar-refractivity contribution in [3.8, 4) is 0 Å². The van der Waals surface area contributed by atoms with Crippen LogP contribution in [-0.2, 0) is 4.79 Å². The fourth-order valence-electron chi connectivity index (χ4n) is 2.20. The molecule has 118 valence electrons. The molecule has 4 heteroatoms. The molecule has 0 aliphatic carbocycles. The lowest BCUT2D eigenvalue weighted by molar-refractivity contribution is -0.137. The smallest absolute Gasteiger partial charge is 0.303 e. The van der Waals surface area contributed by atoms with Crippen LogP contribution in [0.5, 0.6) is 0 Å². The van der Waals surface area contributed by atoms with Gasteiger partial charge in [-0.2, -0.15) is 0 Å². The summed E-state index contributed by atoms with van der Waals surface area (Å²) in [4.78, 5) is 10.8. The average Bonchev–Trinajstić information content (AvgIpc) is 2.42. The van der Waals surface area contributed by atoms with Crippen molar-refractivity contribution in [3.63, 3.8) is 0 Å². The van der Waals surface area contributed by atoms with Gasteiger partial charge in [0.2, 0.25) is 0 Å². The van der Waals surface area contributed by atoms with E-state index in [0.717, 1.165) is 24.1 Å². The summed E-state index contributed by atoms with van der Waals surface area (Å²) >= 11 is 0. The number of benzene rings is 1. The Hall–Kier alpha value is -1.39. The van der Waals surface area contributed by atoms with Gasteiger partial charge in [0.15, 0.2) is 0 Å². The molecule has 0 saturated carbocycles. The number of hydrogen-bond donors (Lipinski definition) is 3. The van der Waals surface area contributed by atoms with E-state index in [1.165, 1.54) is 0 Å². The summed E-state index contributed by atoms with van der Waals surface area (Å²) in [6.07, 6.45) is 0.798. The highest BCUT2D eigenvalue weighted by Crippen LogP contribution is 2.20. The maximum Gasteiger partial charge on any atom is 0.303 e. The summed E-state index contributed by atoms with van der Waals surface area (Å²) in [5, 5.41) is 22.7. The second-order valence-corrected chi connectivity index (χ2v) is 6.03. The van der Waals surface area contributed by atoms with E-state index in [1.54, 1.807) is 0 Å². The van der Waals surface area contributed by atoms with E-state index in [4.69, 9.17) is 5.11 Å². The number of aliphatic hydroxyl groups excluding tert-OH is 1. The topological polar surface area (TPSA) is 69.6 Å². The van der Waals surface area contributed by atoms with Gasteiger partial charge in [0.05, 0.1) is 6.10 Å². The van der Waals surface area contributed by atoms with Crippen LogP contribution in [0, 0.1) is 12.8 Å². The van der Waals surface area contributed by atoms with Crippen LogP contribution in [0.25, 0.3) is 0 Å². The van der Waals surface area contributed by atoms with Gasteiger partial charge in [-0.3, -0.25) is 4.79 Å². The molecule has 0 fully saturated rings. The number of aliphatic carboxylic acids is 1. The first-order valence-electron chi connectivity index (χ1n) is 7.60. The van der Waals surface area contributed by atoms with Gasteiger partial charge in [0.25, 0.3) is 0 Å². The molecule has 0 bridgehead atoms. The molecule has 0 heterocycles. The molecule has 0 amide bonds. The van der Waals surface area contributed by atoms with E-state index >= 15 is 0 Å². The molecule has 2 unspecified atom stereocenters. The third-order valence-electron chi connectivity index (χ3n) is 3.60. The van der Waals surface area contributed by atoms with E-state index in [9.17, 15) is 9.90 Å². The summed E-state index contributed by atoms with van der Waals surface area (Å²) in [7, 11) is 0. The highest BCUT2D eigenvalue weighted by molar-refractivity contribution is 5.66. The normalized spacial score (nSPS) is 14.1. The highest BCUT2D eigenvalue weighted by atomic mass is 16.4. The summed E-state index contributed by atoms with van der Waals surface area (Å²) < 4.78 is 0. The van der Waals surface area contributed by atoms with Crippen molar-refractivity contribution in [2.45, 2.75) is 52.2 Å². The van der Waals surface area contributed by atoms with Crippen LogP contribution in [-0.4, -0.2) is 28.8 Å². The van der Waals surface area contributed by atoms with Crippen LogP contribution < -0.4 is 5.32 Å². The molecule has 2 atom stereocenters. The molecular formula is C17H27NO3. The zero-order chi connectivity index (χ0) is 15.8.